The lowest BCUT2D eigenvalue weighted by Gasteiger charge is -2.02. The Balaban J connectivity index is 1.94. The number of fused-ring (bicyclic) bond motifs is 2. The van der Waals surface area contributed by atoms with E-state index in [-0.39, 0.29) is 5.97 Å². The van der Waals surface area contributed by atoms with Crippen LogP contribution in [0.4, 0.5) is 0 Å². The van der Waals surface area contributed by atoms with Crippen molar-refractivity contribution < 1.29 is 9.53 Å². The van der Waals surface area contributed by atoms with Crippen molar-refractivity contribution in [1.82, 2.24) is 9.97 Å². The molecule has 0 amide bonds. The highest BCUT2D eigenvalue weighted by Gasteiger charge is 2.16. The monoisotopic (exact) mass is 364 g/mol. The van der Waals surface area contributed by atoms with Crippen LogP contribution in [0.5, 0.6) is 0 Å². The van der Waals surface area contributed by atoms with Crippen molar-refractivity contribution in [3.63, 3.8) is 0 Å². The lowest BCUT2D eigenvalue weighted by molar-refractivity contribution is -0.137. The second-order valence-corrected chi connectivity index (χ2v) is 6.32. The van der Waals surface area contributed by atoms with E-state index in [1.807, 2.05) is 42.6 Å². The SMILES string of the molecule is CCOC(=O)/C=C/c1[nH]c2ccccc2c1-c1c[nH]c2c(Cl)cccc12. The maximum Gasteiger partial charge on any atom is 0.330 e. The highest BCUT2D eigenvalue weighted by atomic mass is 35.5. The van der Waals surface area contributed by atoms with Crippen molar-refractivity contribution >= 4 is 45.5 Å². The number of hydrogen-bond acceptors (Lipinski definition) is 2. The Morgan fingerprint density at radius 1 is 1.15 bits per heavy atom. The number of H-pyrrole nitrogens is 2. The van der Waals surface area contributed by atoms with Crippen LogP contribution in [-0.4, -0.2) is 22.5 Å². The predicted octanol–water partition coefficient (Wildman–Crippen LogP) is 5.55. The number of hydrogen-bond donors (Lipinski definition) is 2. The Kier molecular flexibility index (Phi) is 4.27. The maximum absolute atomic E-state index is 11.7. The molecule has 0 aliphatic carbocycles. The molecule has 2 aromatic heterocycles. The summed E-state index contributed by atoms with van der Waals surface area (Å²) in [5.74, 6) is -0.362. The van der Waals surface area contributed by atoms with Crippen molar-refractivity contribution in [3.05, 3.63) is 65.5 Å². The van der Waals surface area contributed by atoms with Gasteiger partial charge in [0.1, 0.15) is 0 Å². The van der Waals surface area contributed by atoms with E-state index in [2.05, 4.69) is 16.0 Å². The summed E-state index contributed by atoms with van der Waals surface area (Å²) in [6.07, 6.45) is 5.16. The van der Waals surface area contributed by atoms with Gasteiger partial charge in [0.25, 0.3) is 0 Å². The van der Waals surface area contributed by atoms with Crippen LogP contribution in [0.1, 0.15) is 12.6 Å². The summed E-state index contributed by atoms with van der Waals surface area (Å²) in [7, 11) is 0. The van der Waals surface area contributed by atoms with Crippen LogP contribution in [0.2, 0.25) is 5.02 Å². The smallest absolute Gasteiger partial charge is 0.330 e. The van der Waals surface area contributed by atoms with Gasteiger partial charge in [-0.2, -0.15) is 0 Å². The number of benzene rings is 2. The van der Waals surface area contributed by atoms with Gasteiger partial charge in [-0.3, -0.25) is 0 Å². The normalized spacial score (nSPS) is 11.6. The molecule has 0 unspecified atom stereocenters. The summed E-state index contributed by atoms with van der Waals surface area (Å²) >= 11 is 6.31. The lowest BCUT2D eigenvalue weighted by atomic mass is 10.0. The molecule has 130 valence electrons. The molecule has 2 heterocycles. The van der Waals surface area contributed by atoms with Crippen LogP contribution < -0.4 is 0 Å². The summed E-state index contributed by atoms with van der Waals surface area (Å²) in [5.41, 5.74) is 4.80. The molecule has 4 nitrogen and oxygen atoms in total. The number of carbonyl (C=O) groups is 1. The molecule has 0 aliphatic heterocycles. The molecular weight excluding hydrogens is 348 g/mol. The number of rotatable bonds is 4. The predicted molar refractivity (Wildman–Crippen MR) is 106 cm³/mol. The molecule has 4 aromatic rings. The molecule has 2 aromatic carbocycles. The number of para-hydroxylation sites is 2. The highest BCUT2D eigenvalue weighted by Crippen LogP contribution is 2.38. The van der Waals surface area contributed by atoms with Crippen molar-refractivity contribution in [2.45, 2.75) is 6.92 Å². The first kappa shape index (κ1) is 16.5. The quantitative estimate of drug-likeness (QED) is 0.368. The molecule has 26 heavy (non-hydrogen) atoms. The molecule has 5 heteroatoms. The Bertz CT molecular complexity index is 1140. The van der Waals surface area contributed by atoms with E-state index in [1.54, 1.807) is 13.0 Å². The van der Waals surface area contributed by atoms with E-state index < -0.39 is 0 Å². The van der Waals surface area contributed by atoms with Gasteiger partial charge in [-0.1, -0.05) is 41.9 Å². The minimum atomic E-state index is -0.362. The largest absolute Gasteiger partial charge is 0.463 e. The van der Waals surface area contributed by atoms with E-state index in [0.717, 1.165) is 38.6 Å². The zero-order chi connectivity index (χ0) is 18.1. The average Bonchev–Trinajstić information content (AvgIpc) is 3.21. The maximum atomic E-state index is 11.7. The molecule has 0 spiro atoms. The van der Waals surface area contributed by atoms with Gasteiger partial charge >= 0.3 is 5.97 Å². The van der Waals surface area contributed by atoms with Crippen LogP contribution in [-0.2, 0) is 9.53 Å². The number of aromatic nitrogens is 2. The third-order valence-electron chi connectivity index (χ3n) is 4.34. The molecule has 0 radical (unpaired) electrons. The molecule has 0 atom stereocenters. The number of halogens is 1. The number of ether oxygens (including phenoxy) is 1. The van der Waals surface area contributed by atoms with Gasteiger partial charge in [0.2, 0.25) is 0 Å². The molecule has 0 saturated carbocycles. The van der Waals surface area contributed by atoms with Gasteiger partial charge in [0.15, 0.2) is 0 Å². The zero-order valence-electron chi connectivity index (χ0n) is 14.2. The van der Waals surface area contributed by atoms with Gasteiger partial charge in [0.05, 0.1) is 17.1 Å². The van der Waals surface area contributed by atoms with Crippen molar-refractivity contribution in [2.75, 3.05) is 6.61 Å². The van der Waals surface area contributed by atoms with E-state index in [0.29, 0.717) is 11.6 Å². The summed E-state index contributed by atoms with van der Waals surface area (Å²) in [6, 6.07) is 13.9. The third kappa shape index (κ3) is 2.78. The molecule has 0 bridgehead atoms. The Labute approximate surface area is 155 Å². The Morgan fingerprint density at radius 3 is 2.81 bits per heavy atom. The number of nitrogens with one attached hydrogen (secondary N) is 2. The fourth-order valence-electron chi connectivity index (χ4n) is 3.24. The lowest BCUT2D eigenvalue weighted by Crippen LogP contribution is -1.98. The topological polar surface area (TPSA) is 57.9 Å². The van der Waals surface area contributed by atoms with Gasteiger partial charge in [0, 0.05) is 45.4 Å². The van der Waals surface area contributed by atoms with Crippen LogP contribution in [0.3, 0.4) is 0 Å². The van der Waals surface area contributed by atoms with E-state index in [9.17, 15) is 4.79 Å². The van der Waals surface area contributed by atoms with Gasteiger partial charge in [-0.05, 0) is 25.1 Å². The minimum Gasteiger partial charge on any atom is -0.463 e. The van der Waals surface area contributed by atoms with Crippen molar-refractivity contribution in [2.24, 2.45) is 0 Å². The van der Waals surface area contributed by atoms with Crippen molar-refractivity contribution in [3.8, 4) is 11.1 Å². The van der Waals surface area contributed by atoms with Crippen LogP contribution in [0.15, 0.2) is 54.7 Å². The number of esters is 1. The Hall–Kier alpha value is -2.98. The number of aromatic amines is 2. The summed E-state index contributed by atoms with van der Waals surface area (Å²) < 4.78 is 4.99. The van der Waals surface area contributed by atoms with Crippen molar-refractivity contribution in [1.29, 1.82) is 0 Å². The van der Waals surface area contributed by atoms with E-state index in [1.165, 1.54) is 6.08 Å². The summed E-state index contributed by atoms with van der Waals surface area (Å²) in [5, 5.41) is 2.79. The first-order valence-corrected chi connectivity index (χ1v) is 8.78. The van der Waals surface area contributed by atoms with Crippen LogP contribution in [0, 0.1) is 0 Å². The first-order chi connectivity index (χ1) is 12.7. The van der Waals surface area contributed by atoms with Crippen LogP contribution >= 0.6 is 11.6 Å². The molecule has 4 rings (SSSR count). The highest BCUT2D eigenvalue weighted by molar-refractivity contribution is 6.35. The minimum absolute atomic E-state index is 0.351. The first-order valence-electron chi connectivity index (χ1n) is 8.40. The average molecular weight is 365 g/mol. The molecule has 0 aliphatic rings. The fraction of sp³-hybridized carbons (Fsp3) is 0.0952. The molecular formula is C21H17ClN2O2. The second-order valence-electron chi connectivity index (χ2n) is 5.91. The van der Waals surface area contributed by atoms with E-state index in [4.69, 9.17) is 16.3 Å². The van der Waals surface area contributed by atoms with Crippen LogP contribution in [0.25, 0.3) is 39.0 Å². The summed E-state index contributed by atoms with van der Waals surface area (Å²) in [4.78, 5) is 18.4. The molecule has 0 fully saturated rings. The standard InChI is InChI=1S/C21H17ClN2O2/c1-2-26-19(25)11-10-18-20(14-6-3-4-9-17(14)24-18)15-12-23-21-13(15)7-5-8-16(21)22/h3-12,23-24H,2H2,1H3/b11-10+. The third-order valence-corrected chi connectivity index (χ3v) is 4.66. The second kappa shape index (κ2) is 6.73. The van der Waals surface area contributed by atoms with Gasteiger partial charge < -0.3 is 14.7 Å². The van der Waals surface area contributed by atoms with Gasteiger partial charge in [-0.15, -0.1) is 0 Å². The zero-order valence-corrected chi connectivity index (χ0v) is 14.9. The molecule has 0 saturated heterocycles. The van der Waals surface area contributed by atoms with Gasteiger partial charge in [-0.25, -0.2) is 4.79 Å². The fourth-order valence-corrected chi connectivity index (χ4v) is 3.47. The molecule has 2 N–H and O–H groups in total. The van der Waals surface area contributed by atoms with E-state index >= 15 is 0 Å². The number of carbonyl (C=O) groups excluding carboxylic acids is 1. The summed E-state index contributed by atoms with van der Waals surface area (Å²) in [6.45, 7) is 2.14. The Morgan fingerprint density at radius 2 is 1.96 bits per heavy atom.